The van der Waals surface area contributed by atoms with E-state index in [-0.39, 0.29) is 17.7 Å². The van der Waals surface area contributed by atoms with Gasteiger partial charge in [0.1, 0.15) is 17.6 Å². The fourth-order valence-corrected chi connectivity index (χ4v) is 3.36. The Hall–Kier alpha value is -2.96. The molecular weight excluding hydrogens is 346 g/mol. The number of para-hydroxylation sites is 2. The van der Waals surface area contributed by atoms with Gasteiger partial charge >= 0.3 is 6.03 Å². The number of benzene rings is 1. The first-order valence-electron chi connectivity index (χ1n) is 9.14. The molecule has 1 aliphatic carbocycles. The van der Waals surface area contributed by atoms with Crippen molar-refractivity contribution in [2.24, 2.45) is 0 Å². The Balaban J connectivity index is 1.33. The Bertz CT molecular complexity index is 914. The molecule has 0 radical (unpaired) electrons. The Labute approximate surface area is 157 Å². The number of carbonyl (C=O) groups is 1. The smallest absolute Gasteiger partial charge is 0.322 e. The quantitative estimate of drug-likeness (QED) is 0.880. The number of aromatic nitrogens is 1. The van der Waals surface area contributed by atoms with Gasteiger partial charge in [-0.1, -0.05) is 12.1 Å². The third kappa shape index (κ3) is 3.63. The number of carbonyl (C=O) groups excluding carboxylic acids is 1. The fraction of sp³-hybridized carbons (Fsp3) is 0.400. The third-order valence-corrected chi connectivity index (χ3v) is 4.93. The maximum atomic E-state index is 12.3. The van der Waals surface area contributed by atoms with Crippen LogP contribution in [0.3, 0.4) is 0 Å². The molecule has 7 nitrogen and oxygen atoms in total. The number of ether oxygens (including phenoxy) is 2. The van der Waals surface area contributed by atoms with Crippen LogP contribution in [0.1, 0.15) is 24.6 Å². The zero-order valence-electron chi connectivity index (χ0n) is 15.5. The monoisotopic (exact) mass is 369 g/mol. The molecule has 2 aliphatic rings. The number of hydrogen-bond donors (Lipinski definition) is 1. The molecule has 0 unspecified atom stereocenters. The van der Waals surface area contributed by atoms with E-state index in [4.69, 9.17) is 9.47 Å². The predicted molar refractivity (Wildman–Crippen MR) is 102 cm³/mol. The number of rotatable bonds is 5. The first kappa shape index (κ1) is 17.5. The van der Waals surface area contributed by atoms with E-state index in [1.165, 1.54) is 0 Å². The summed E-state index contributed by atoms with van der Waals surface area (Å²) in [6, 6.07) is 10.9. The molecule has 0 bridgehead atoms. The summed E-state index contributed by atoms with van der Waals surface area (Å²) in [6.07, 6.45) is 2.03. The van der Waals surface area contributed by atoms with E-state index in [1.807, 2.05) is 29.7 Å². The summed E-state index contributed by atoms with van der Waals surface area (Å²) < 4.78 is 13.0. The zero-order chi connectivity index (χ0) is 19.0. The lowest BCUT2D eigenvalue weighted by atomic mass is 10.2. The van der Waals surface area contributed by atoms with Crippen LogP contribution in [0.5, 0.6) is 11.5 Å². The van der Waals surface area contributed by atoms with E-state index in [2.05, 4.69) is 5.32 Å². The first-order chi connectivity index (χ1) is 13.0. The molecule has 2 heterocycles. The number of urea groups is 1. The van der Waals surface area contributed by atoms with Gasteiger partial charge in [-0.3, -0.25) is 4.79 Å². The molecule has 1 aromatic carbocycles. The second-order valence-electron chi connectivity index (χ2n) is 7.05. The molecule has 7 heteroatoms. The maximum Gasteiger partial charge on any atom is 0.322 e. The summed E-state index contributed by atoms with van der Waals surface area (Å²) in [5.41, 5.74) is 1.54. The highest BCUT2D eigenvalue weighted by Crippen LogP contribution is 2.35. The Morgan fingerprint density at radius 3 is 2.59 bits per heavy atom. The zero-order valence-corrected chi connectivity index (χ0v) is 15.5. The van der Waals surface area contributed by atoms with Gasteiger partial charge in [-0.05, 0) is 38.0 Å². The number of nitrogens with zero attached hydrogens (tertiary/aromatic N) is 2. The van der Waals surface area contributed by atoms with Crippen molar-refractivity contribution in [3.05, 3.63) is 52.4 Å². The number of amides is 2. The highest BCUT2D eigenvalue weighted by Gasteiger charge is 2.33. The van der Waals surface area contributed by atoms with Crippen molar-refractivity contribution in [3.8, 4) is 11.5 Å². The SMILES string of the molecule is COc1ccccc1NC(=O)N1CC(Oc2cc(C)n(C3CC3)c(=O)c2)C1. The number of likely N-dealkylation sites (tertiary alicyclic amines) is 1. The average molecular weight is 369 g/mol. The van der Waals surface area contributed by atoms with Crippen LogP contribution in [0.4, 0.5) is 10.5 Å². The Kier molecular flexibility index (Phi) is 4.51. The highest BCUT2D eigenvalue weighted by atomic mass is 16.5. The van der Waals surface area contributed by atoms with Crippen molar-refractivity contribution in [2.75, 3.05) is 25.5 Å². The lowest BCUT2D eigenvalue weighted by Crippen LogP contribution is -2.57. The molecule has 4 rings (SSSR count). The van der Waals surface area contributed by atoms with Crippen LogP contribution >= 0.6 is 0 Å². The molecule has 142 valence electrons. The average Bonchev–Trinajstić information content (AvgIpc) is 3.42. The Morgan fingerprint density at radius 1 is 1.19 bits per heavy atom. The van der Waals surface area contributed by atoms with Crippen molar-refractivity contribution >= 4 is 11.7 Å². The molecule has 0 atom stereocenters. The van der Waals surface area contributed by atoms with Gasteiger partial charge in [0.05, 0.1) is 25.9 Å². The van der Waals surface area contributed by atoms with E-state index < -0.39 is 0 Å². The number of hydrogen-bond acceptors (Lipinski definition) is 4. The molecule has 27 heavy (non-hydrogen) atoms. The minimum atomic E-state index is -0.195. The minimum Gasteiger partial charge on any atom is -0.495 e. The van der Waals surface area contributed by atoms with Crippen molar-refractivity contribution in [1.29, 1.82) is 0 Å². The van der Waals surface area contributed by atoms with Gasteiger partial charge in [0.15, 0.2) is 0 Å². The first-order valence-corrected chi connectivity index (χ1v) is 9.14. The summed E-state index contributed by atoms with van der Waals surface area (Å²) in [5.74, 6) is 1.19. The normalized spacial score (nSPS) is 16.6. The van der Waals surface area contributed by atoms with Crippen molar-refractivity contribution in [2.45, 2.75) is 31.9 Å². The number of anilines is 1. The summed E-state index contributed by atoms with van der Waals surface area (Å²) in [7, 11) is 1.57. The van der Waals surface area contributed by atoms with E-state index in [1.54, 1.807) is 30.2 Å². The minimum absolute atomic E-state index is 0.0161. The molecule has 2 fully saturated rings. The van der Waals surface area contributed by atoms with Gasteiger partial charge in [-0.15, -0.1) is 0 Å². The molecular formula is C20H23N3O4. The largest absolute Gasteiger partial charge is 0.495 e. The molecule has 1 aromatic heterocycles. The second kappa shape index (κ2) is 6.98. The lowest BCUT2D eigenvalue weighted by molar-refractivity contribution is 0.0490. The number of aryl methyl sites for hydroxylation is 1. The summed E-state index contributed by atoms with van der Waals surface area (Å²) in [5, 5.41) is 2.85. The topological polar surface area (TPSA) is 72.8 Å². The van der Waals surface area contributed by atoms with Crippen LogP contribution in [0, 0.1) is 6.92 Å². The summed E-state index contributed by atoms with van der Waals surface area (Å²) >= 11 is 0. The van der Waals surface area contributed by atoms with Gasteiger partial charge in [-0.25, -0.2) is 4.79 Å². The predicted octanol–water partition coefficient (Wildman–Crippen LogP) is 2.80. The van der Waals surface area contributed by atoms with Crippen LogP contribution in [-0.4, -0.2) is 41.8 Å². The van der Waals surface area contributed by atoms with Gasteiger partial charge in [0, 0.05) is 17.8 Å². The number of nitrogens with one attached hydrogen (secondary N) is 1. The van der Waals surface area contributed by atoms with Gasteiger partial charge < -0.3 is 24.3 Å². The van der Waals surface area contributed by atoms with Crippen LogP contribution < -0.4 is 20.3 Å². The van der Waals surface area contributed by atoms with Crippen molar-refractivity contribution in [1.82, 2.24) is 9.47 Å². The third-order valence-electron chi connectivity index (χ3n) is 4.93. The van der Waals surface area contributed by atoms with E-state index >= 15 is 0 Å². The van der Waals surface area contributed by atoms with Crippen molar-refractivity contribution in [3.63, 3.8) is 0 Å². The van der Waals surface area contributed by atoms with Gasteiger partial charge in [-0.2, -0.15) is 0 Å². The molecule has 1 aliphatic heterocycles. The van der Waals surface area contributed by atoms with Crippen molar-refractivity contribution < 1.29 is 14.3 Å². The molecule has 1 saturated carbocycles. The highest BCUT2D eigenvalue weighted by molar-refractivity contribution is 5.91. The van der Waals surface area contributed by atoms with Crippen LogP contribution in [-0.2, 0) is 0 Å². The van der Waals surface area contributed by atoms with Crippen LogP contribution in [0.25, 0.3) is 0 Å². The van der Waals surface area contributed by atoms with Crippen LogP contribution in [0.15, 0.2) is 41.2 Å². The maximum absolute atomic E-state index is 12.3. The molecule has 2 amide bonds. The van der Waals surface area contributed by atoms with E-state index in [0.29, 0.717) is 36.3 Å². The standard InChI is InChI=1S/C20H23N3O4/c1-13-9-15(10-19(24)23(13)14-7-8-14)27-16-11-22(12-16)20(25)21-17-5-3-4-6-18(17)26-2/h3-6,9-10,14,16H,7-8,11-12H2,1-2H3,(H,21,25). The molecule has 1 N–H and O–H groups in total. The van der Waals surface area contributed by atoms with Gasteiger partial charge in [0.2, 0.25) is 0 Å². The Morgan fingerprint density at radius 2 is 1.93 bits per heavy atom. The lowest BCUT2D eigenvalue weighted by Gasteiger charge is -2.38. The van der Waals surface area contributed by atoms with E-state index in [0.717, 1.165) is 18.5 Å². The summed E-state index contributed by atoms with van der Waals surface area (Å²) in [4.78, 5) is 26.3. The number of pyridine rings is 1. The molecule has 2 aromatic rings. The molecule has 1 saturated heterocycles. The molecule has 0 spiro atoms. The second-order valence-corrected chi connectivity index (χ2v) is 7.05. The van der Waals surface area contributed by atoms with E-state index in [9.17, 15) is 9.59 Å². The number of methoxy groups -OCH3 is 1. The van der Waals surface area contributed by atoms with Crippen LogP contribution in [0.2, 0.25) is 0 Å². The van der Waals surface area contributed by atoms with Gasteiger partial charge in [0.25, 0.3) is 5.56 Å². The fourth-order valence-electron chi connectivity index (χ4n) is 3.36. The summed E-state index contributed by atoms with van der Waals surface area (Å²) in [6.45, 7) is 2.89.